The summed E-state index contributed by atoms with van der Waals surface area (Å²) >= 11 is 2.98. The van der Waals surface area contributed by atoms with Gasteiger partial charge in [0, 0.05) is 0 Å². The Morgan fingerprint density at radius 3 is 2.50 bits per heavy atom. The summed E-state index contributed by atoms with van der Waals surface area (Å²) in [4.78, 5) is 43.4. The van der Waals surface area contributed by atoms with Crippen LogP contribution in [-0.4, -0.2) is 36.3 Å². The molecule has 0 spiro atoms. The van der Waals surface area contributed by atoms with Crippen LogP contribution in [0.3, 0.4) is 0 Å². The van der Waals surface area contributed by atoms with Crippen molar-refractivity contribution in [3.8, 4) is 0 Å². The van der Waals surface area contributed by atoms with E-state index in [1.807, 2.05) is 0 Å². The van der Waals surface area contributed by atoms with Gasteiger partial charge in [-0.15, -0.1) is 15.3 Å². The van der Waals surface area contributed by atoms with Crippen molar-refractivity contribution in [2.45, 2.75) is 0 Å². The Hall–Kier alpha value is -1.34. The molecule has 16 heavy (non-hydrogen) atoms. The minimum absolute atomic E-state index is 0.146. The van der Waals surface area contributed by atoms with E-state index in [2.05, 4.69) is 15.3 Å². The first-order chi connectivity index (χ1) is 7.52. The third kappa shape index (κ3) is 2.83. The van der Waals surface area contributed by atoms with Crippen molar-refractivity contribution < 1.29 is 23.9 Å². The topological polar surface area (TPSA) is 77.5 Å². The fourth-order valence-electron chi connectivity index (χ4n) is 0.894. The van der Waals surface area contributed by atoms with E-state index in [4.69, 9.17) is 4.74 Å². The van der Waals surface area contributed by atoms with E-state index in [0.29, 0.717) is 11.8 Å². The van der Waals surface area contributed by atoms with Gasteiger partial charge >= 0.3 is 6.69 Å². The maximum Gasteiger partial charge on any atom is 0.304 e. The molecule has 1 aliphatic carbocycles. The summed E-state index contributed by atoms with van der Waals surface area (Å²) in [7, 11) is 0. The molecule has 0 amide bonds. The lowest BCUT2D eigenvalue weighted by molar-refractivity contribution is -0.133. The van der Waals surface area contributed by atoms with Crippen molar-refractivity contribution in [3.63, 3.8) is 0 Å². The normalized spacial score (nSPS) is 15.7. The average Bonchev–Trinajstić information content (AvgIpc) is 2.31. The van der Waals surface area contributed by atoms with Crippen molar-refractivity contribution in [2.24, 2.45) is 0 Å². The van der Waals surface area contributed by atoms with Gasteiger partial charge in [-0.25, -0.2) is 0 Å². The van der Waals surface area contributed by atoms with Gasteiger partial charge in [-0.3, -0.25) is 9.59 Å². The molecule has 0 aromatic heterocycles. The molecule has 0 aromatic carbocycles. The van der Waals surface area contributed by atoms with E-state index in [1.165, 1.54) is 12.2 Å². The monoisotopic (exact) mass is 302 g/mol. The van der Waals surface area contributed by atoms with E-state index in [9.17, 15) is 19.2 Å². The van der Waals surface area contributed by atoms with Crippen LogP contribution in [0.1, 0.15) is 0 Å². The number of halogens is 1. The van der Waals surface area contributed by atoms with Gasteiger partial charge in [-0.2, -0.15) is 0 Å². The molecule has 84 valence electrons. The molecule has 0 atom stereocenters. The molecule has 0 N–H and O–H groups in total. The zero-order valence-corrected chi connectivity index (χ0v) is 10.6. The number of hydrogen-bond acceptors (Lipinski definition) is 5. The minimum Gasteiger partial charge on any atom is -0.491 e. The smallest absolute Gasteiger partial charge is 0.304 e. The summed E-state index contributed by atoms with van der Waals surface area (Å²) in [6, 6.07) is 0. The molecule has 0 aliphatic heterocycles. The van der Waals surface area contributed by atoms with Crippen LogP contribution in [0.15, 0.2) is 24.0 Å². The lowest BCUT2D eigenvalue weighted by atomic mass is 10.1. The molecule has 7 heteroatoms. The summed E-state index contributed by atoms with van der Waals surface area (Å²) in [6.07, 6.45) is 3.60. The molecule has 0 saturated heterocycles. The number of allylic oxidation sites excluding steroid dienone is 4. The van der Waals surface area contributed by atoms with Crippen LogP contribution >= 0.6 is 15.3 Å². The number of carbonyl (C=O) groups excluding carboxylic acids is 4. The van der Waals surface area contributed by atoms with Gasteiger partial charge in [0.25, 0.3) is 5.78 Å². The molecule has 0 aromatic rings. The summed E-state index contributed by atoms with van der Waals surface area (Å²) in [5.74, 6) is -0.621. The van der Waals surface area contributed by atoms with Gasteiger partial charge in [-0.05, 0) is 12.2 Å². The van der Waals surface area contributed by atoms with Crippen LogP contribution in [0, 0.1) is 0 Å². The highest BCUT2D eigenvalue weighted by atomic mass is 79.9. The lowest BCUT2D eigenvalue weighted by Crippen LogP contribution is -2.39. The molecule has 5 nitrogen and oxygen atoms in total. The molecule has 0 saturated carbocycles. The van der Waals surface area contributed by atoms with Crippen molar-refractivity contribution >= 4 is 45.4 Å². The zero-order chi connectivity index (χ0) is 12.2. The van der Waals surface area contributed by atoms with Crippen molar-refractivity contribution in [2.75, 3.05) is 6.23 Å². The molecule has 1 rings (SSSR count). The maximum absolute atomic E-state index is 11.2. The molecule has 0 fully saturated rings. The Morgan fingerprint density at radius 1 is 1.31 bits per heavy atom. The van der Waals surface area contributed by atoms with Crippen molar-refractivity contribution in [1.82, 2.24) is 0 Å². The van der Waals surface area contributed by atoms with Gasteiger partial charge in [0.2, 0.25) is 5.78 Å². The lowest BCUT2D eigenvalue weighted by Gasteiger charge is -2.14. The highest BCUT2D eigenvalue weighted by molar-refractivity contribution is 9.27. The third-order valence-electron chi connectivity index (χ3n) is 1.78. The van der Waals surface area contributed by atoms with Crippen molar-refractivity contribution in [3.05, 3.63) is 24.0 Å². The largest absolute Gasteiger partial charge is 0.491 e. The molecule has 1 aliphatic rings. The summed E-state index contributed by atoms with van der Waals surface area (Å²) in [6.45, 7) is -2.93. The van der Waals surface area contributed by atoms with Crippen molar-refractivity contribution in [1.29, 1.82) is 0 Å². The maximum atomic E-state index is 11.2. The Labute approximate surface area is 99.7 Å². The van der Waals surface area contributed by atoms with E-state index >= 15 is 0 Å². The first-order valence-electron chi connectivity index (χ1n) is 4.24. The SMILES string of the molecule is O=C[Si](Br)(C=O)COC1=CC=CC(=O)C1=O. The van der Waals surface area contributed by atoms with Crippen LogP contribution in [0.5, 0.6) is 0 Å². The van der Waals surface area contributed by atoms with Gasteiger partial charge < -0.3 is 14.3 Å². The number of rotatable bonds is 5. The van der Waals surface area contributed by atoms with Gasteiger partial charge in [-0.1, -0.05) is 6.08 Å². The standard InChI is InChI=1S/C9H7BrO5Si/c10-16(4-11,5-12)6-15-8-3-1-2-7(13)9(8)14/h1-5H,6H2. The molecule has 0 heterocycles. The minimum atomic E-state index is -2.93. The highest BCUT2D eigenvalue weighted by Gasteiger charge is 2.33. The fraction of sp³-hybridized carbons (Fsp3) is 0.111. The van der Waals surface area contributed by atoms with E-state index in [0.717, 1.165) is 6.08 Å². The number of ether oxygens (including phenoxy) is 1. The summed E-state index contributed by atoms with van der Waals surface area (Å²) < 4.78 is 5.00. The Kier molecular flexibility index (Phi) is 4.08. The van der Waals surface area contributed by atoms with Crippen LogP contribution < -0.4 is 0 Å². The summed E-state index contributed by atoms with van der Waals surface area (Å²) in [5, 5.41) is 0. The van der Waals surface area contributed by atoms with Crippen LogP contribution in [-0.2, 0) is 23.9 Å². The molecule has 0 unspecified atom stereocenters. The first-order valence-corrected chi connectivity index (χ1v) is 8.86. The average molecular weight is 303 g/mol. The molecular weight excluding hydrogens is 296 g/mol. The predicted octanol–water partition coefficient (Wildman–Crippen LogP) is 0.0183. The fourth-order valence-corrected chi connectivity index (χ4v) is 1.81. The quantitative estimate of drug-likeness (QED) is 0.235. The predicted molar refractivity (Wildman–Crippen MR) is 61.4 cm³/mol. The third-order valence-corrected chi connectivity index (χ3v) is 4.96. The van der Waals surface area contributed by atoms with Crippen LogP contribution in [0.2, 0.25) is 0 Å². The van der Waals surface area contributed by atoms with E-state index in [-0.39, 0.29) is 12.0 Å². The summed E-state index contributed by atoms with van der Waals surface area (Å²) in [5.41, 5.74) is 0. The highest BCUT2D eigenvalue weighted by Crippen LogP contribution is 2.12. The Morgan fingerprint density at radius 2 is 1.94 bits per heavy atom. The van der Waals surface area contributed by atoms with E-state index in [1.54, 1.807) is 0 Å². The van der Waals surface area contributed by atoms with Gasteiger partial charge in [0.1, 0.15) is 18.0 Å². The van der Waals surface area contributed by atoms with Gasteiger partial charge in [0.15, 0.2) is 5.76 Å². The number of ketones is 2. The van der Waals surface area contributed by atoms with E-state index < -0.39 is 18.3 Å². The molecule has 0 bridgehead atoms. The second-order valence-electron chi connectivity index (χ2n) is 3.03. The number of carbonyl (C=O) groups is 4. The van der Waals surface area contributed by atoms with Gasteiger partial charge in [0.05, 0.1) is 0 Å². The second kappa shape index (κ2) is 5.13. The Balaban J connectivity index is 2.69. The molecule has 0 radical (unpaired) electrons. The molecular formula is C9H7BrO5Si. The second-order valence-corrected chi connectivity index (χ2v) is 10.1. The Bertz CT molecular complexity index is 404. The zero-order valence-electron chi connectivity index (χ0n) is 8.01. The van der Waals surface area contributed by atoms with Crippen LogP contribution in [0.25, 0.3) is 0 Å². The number of Topliss-reactive ketones (excluding diaryl/α,β-unsaturated/α-hetero) is 1. The van der Waals surface area contributed by atoms with Crippen LogP contribution in [0.4, 0.5) is 0 Å². The first kappa shape index (κ1) is 12.7. The number of hydrogen-bond donors (Lipinski definition) is 0.